The van der Waals surface area contributed by atoms with E-state index in [1.54, 1.807) is 0 Å². The molecule has 21 rings (SSSR count). The van der Waals surface area contributed by atoms with Gasteiger partial charge in [-0.2, -0.15) is 0 Å². The van der Waals surface area contributed by atoms with E-state index in [1.165, 1.54) is 209 Å². The van der Waals surface area contributed by atoms with Crippen molar-refractivity contribution in [3.63, 3.8) is 0 Å². The van der Waals surface area contributed by atoms with Crippen molar-refractivity contribution in [2.24, 2.45) is 0 Å². The molecule has 2 aliphatic rings. The van der Waals surface area contributed by atoms with E-state index in [1.807, 2.05) is 0 Å². The zero-order valence-corrected chi connectivity index (χ0v) is 59.7. The van der Waals surface area contributed by atoms with Crippen molar-refractivity contribution in [2.75, 3.05) is 0 Å². The largest absolute Gasteiger partial charge is 0.0622 e. The van der Waals surface area contributed by atoms with E-state index in [0.29, 0.717) is 0 Å². The van der Waals surface area contributed by atoms with Gasteiger partial charge in [0.05, 0.1) is 0 Å². The predicted octanol–water partition coefficient (Wildman–Crippen LogP) is 29.0. The van der Waals surface area contributed by atoms with Crippen LogP contribution < -0.4 is 0 Å². The summed E-state index contributed by atoms with van der Waals surface area (Å²) in [5.74, 6) is 0. The van der Waals surface area contributed by atoms with Crippen LogP contribution in [0, 0.1) is 0 Å². The molecule has 0 heteroatoms. The number of allylic oxidation sites excluding steroid dienone is 2. The molecule has 0 radical (unpaired) electrons. The van der Waals surface area contributed by atoms with E-state index in [4.69, 9.17) is 0 Å². The summed E-state index contributed by atoms with van der Waals surface area (Å²) in [5, 5.41) is 15.1. The average molecular weight is 1370 g/mol. The smallest absolute Gasteiger partial charge is 0.000727 e. The molecule has 0 saturated heterocycles. The number of benzene rings is 19. The van der Waals surface area contributed by atoms with Gasteiger partial charge in [-0.15, -0.1) is 0 Å². The van der Waals surface area contributed by atoms with Crippen LogP contribution in [0.1, 0.15) is 44.5 Å². The summed E-state index contributed by atoms with van der Waals surface area (Å²) in [4.78, 5) is 0. The Morgan fingerprint density at radius 2 is 0.491 bits per heavy atom. The molecule has 0 unspecified atom stereocenters. The van der Waals surface area contributed by atoms with Crippen LogP contribution in [-0.2, 0) is 12.8 Å². The Hall–Kier alpha value is -13.8. The summed E-state index contributed by atoms with van der Waals surface area (Å²) in [5.41, 5.74) is 33.3. The van der Waals surface area contributed by atoms with E-state index < -0.39 is 0 Å². The van der Waals surface area contributed by atoms with Crippen molar-refractivity contribution in [2.45, 2.75) is 12.8 Å². The van der Waals surface area contributed by atoms with Gasteiger partial charge < -0.3 is 0 Å². The molecule has 19 aromatic carbocycles. The number of hydrogen-bond donors (Lipinski definition) is 0. The van der Waals surface area contributed by atoms with Crippen molar-refractivity contribution in [1.82, 2.24) is 0 Å². The van der Waals surface area contributed by atoms with Gasteiger partial charge in [0.1, 0.15) is 0 Å². The third-order valence-corrected chi connectivity index (χ3v) is 22.6. The number of fused-ring (bicyclic) bond motifs is 8. The van der Waals surface area contributed by atoms with Crippen LogP contribution in [0.25, 0.3) is 165 Å². The summed E-state index contributed by atoms with van der Waals surface area (Å²) >= 11 is 0. The lowest BCUT2D eigenvalue weighted by atomic mass is 9.83. The maximum atomic E-state index is 2.42. The van der Waals surface area contributed by atoms with Gasteiger partial charge in [-0.25, -0.2) is 0 Å². The van der Waals surface area contributed by atoms with Gasteiger partial charge in [-0.3, -0.25) is 0 Å². The Kier molecular flexibility index (Phi) is 16.2. The van der Waals surface area contributed by atoms with Crippen LogP contribution in [-0.4, -0.2) is 0 Å². The van der Waals surface area contributed by atoms with Gasteiger partial charge in [-0.05, 0) is 259 Å². The minimum Gasteiger partial charge on any atom is -0.0622 e. The summed E-state index contributed by atoms with van der Waals surface area (Å²) in [6, 6.07) is 152. The van der Waals surface area contributed by atoms with Gasteiger partial charge in [0.15, 0.2) is 0 Å². The van der Waals surface area contributed by atoms with Crippen molar-refractivity contribution in [1.29, 1.82) is 0 Å². The zero-order valence-electron chi connectivity index (χ0n) is 59.7. The number of rotatable bonds is 11. The first-order chi connectivity index (χ1) is 53.5. The maximum absolute atomic E-state index is 2.42. The highest BCUT2D eigenvalue weighted by molar-refractivity contribution is 6.23. The van der Waals surface area contributed by atoms with E-state index in [9.17, 15) is 0 Å². The standard InChI is InChI=1S/C57H38.C51H34/c1-4-14-38(15-5-1)45-31-33-51-53(35-45)56(43-27-25-42(26-28-43)55-49-23-13-12-22-47(49)37-52(55)41-19-8-3-9-20-41)50-32-30-46(39-16-6-2-7-17-39)36-54(50)57(51)48-29-24-40-18-10-11-21-44(40)34-48;1-3-12-34(13-4-1)40-27-28-42-32-47(50(48(42)31-40)38-15-5-2-6-16-38)37-25-23-36(24-26-37)44-20-11-21-46-49(44)33-41-18-9-10-19-45(41)51(46)43-29-22-35-14-7-8-17-39(35)30-43/h1-36H,37H2;1-31,33H,32H2. The van der Waals surface area contributed by atoms with Gasteiger partial charge in [0.2, 0.25) is 0 Å². The molecule has 0 atom stereocenters. The van der Waals surface area contributed by atoms with Crippen molar-refractivity contribution >= 4 is 86.9 Å². The molecular weight excluding hydrogens is 1300 g/mol. The molecule has 0 heterocycles. The Balaban J connectivity index is 0.000000143. The van der Waals surface area contributed by atoms with Crippen LogP contribution in [0.2, 0.25) is 0 Å². The van der Waals surface area contributed by atoms with Crippen LogP contribution in [0.5, 0.6) is 0 Å². The Morgan fingerprint density at radius 1 is 0.139 bits per heavy atom. The zero-order chi connectivity index (χ0) is 71.4. The van der Waals surface area contributed by atoms with Crippen molar-refractivity contribution in [3.8, 4) is 77.9 Å². The molecule has 0 amide bonds. The normalized spacial score (nSPS) is 12.5. The van der Waals surface area contributed by atoms with Gasteiger partial charge in [-0.1, -0.05) is 376 Å². The minimum absolute atomic E-state index is 0.920. The molecule has 0 N–H and O–H groups in total. The SMILES string of the molecule is c1ccc(C2=C(c3ccc(-c4c5ccc(-c6ccccc6)cc5c(-c5ccc6ccccc6c5)c5ccc(-c6ccccc6)cc45)cc3)c3ccccc3C2)cc1.c1ccc(C2=C(c3ccc(-c4cccc5c(-c6ccc7ccccc7c6)c6ccccc6cc45)cc3)Cc3ccc(-c4ccccc4)cc32)cc1. The molecule has 108 heavy (non-hydrogen) atoms. The molecule has 0 nitrogen and oxygen atoms in total. The monoisotopic (exact) mass is 1370 g/mol. The predicted molar refractivity (Wildman–Crippen MR) is 461 cm³/mol. The van der Waals surface area contributed by atoms with Gasteiger partial charge in [0.25, 0.3) is 0 Å². The van der Waals surface area contributed by atoms with Crippen molar-refractivity contribution < 1.29 is 0 Å². The van der Waals surface area contributed by atoms with Crippen LogP contribution >= 0.6 is 0 Å². The topological polar surface area (TPSA) is 0 Å². The first-order valence-corrected chi connectivity index (χ1v) is 37.7. The second-order valence-electron chi connectivity index (χ2n) is 28.8. The third-order valence-electron chi connectivity index (χ3n) is 22.6. The number of hydrogen-bond acceptors (Lipinski definition) is 0. The Morgan fingerprint density at radius 3 is 1.06 bits per heavy atom. The lowest BCUT2D eigenvalue weighted by Gasteiger charge is -2.20. The van der Waals surface area contributed by atoms with Crippen LogP contribution in [0.4, 0.5) is 0 Å². The van der Waals surface area contributed by atoms with Crippen molar-refractivity contribution in [3.05, 3.63) is 457 Å². The Labute approximate surface area is 630 Å². The first-order valence-electron chi connectivity index (χ1n) is 37.7. The summed E-state index contributed by atoms with van der Waals surface area (Å²) in [7, 11) is 0. The van der Waals surface area contributed by atoms with Gasteiger partial charge >= 0.3 is 0 Å². The molecule has 0 saturated carbocycles. The summed E-state index contributed by atoms with van der Waals surface area (Å²) in [6.07, 6.45) is 1.86. The van der Waals surface area contributed by atoms with E-state index in [-0.39, 0.29) is 0 Å². The average Bonchev–Trinajstić information content (AvgIpc) is 0.738. The molecule has 0 aromatic heterocycles. The highest BCUT2D eigenvalue weighted by atomic mass is 14.3. The lowest BCUT2D eigenvalue weighted by Crippen LogP contribution is -1.94. The summed E-state index contributed by atoms with van der Waals surface area (Å²) < 4.78 is 0. The quantitative estimate of drug-likeness (QED) is 0.113. The van der Waals surface area contributed by atoms with Crippen LogP contribution in [0.15, 0.2) is 413 Å². The molecular formula is C108H72. The lowest BCUT2D eigenvalue weighted by molar-refractivity contribution is 1.32. The van der Waals surface area contributed by atoms with Gasteiger partial charge in [0, 0.05) is 0 Å². The highest BCUT2D eigenvalue weighted by Crippen LogP contribution is 2.50. The summed E-state index contributed by atoms with van der Waals surface area (Å²) in [6.45, 7) is 0. The Bertz CT molecular complexity index is 6760. The molecule has 0 fully saturated rings. The minimum atomic E-state index is 0.920. The maximum Gasteiger partial charge on any atom is -0.000727 e. The first kappa shape index (κ1) is 63.9. The fourth-order valence-electron chi connectivity index (χ4n) is 17.4. The molecule has 0 aliphatic heterocycles. The van der Waals surface area contributed by atoms with E-state index >= 15 is 0 Å². The fraction of sp³-hybridized carbons (Fsp3) is 0.0185. The molecule has 2 aliphatic carbocycles. The second kappa shape index (κ2) is 27.4. The molecule has 0 bridgehead atoms. The third kappa shape index (κ3) is 11.6. The van der Waals surface area contributed by atoms with E-state index in [0.717, 1.165) is 12.8 Å². The highest BCUT2D eigenvalue weighted by Gasteiger charge is 2.28. The fourth-order valence-corrected chi connectivity index (χ4v) is 17.4. The van der Waals surface area contributed by atoms with Crippen LogP contribution in [0.3, 0.4) is 0 Å². The molecule has 0 spiro atoms. The van der Waals surface area contributed by atoms with E-state index in [2.05, 4.69) is 413 Å². The molecule has 19 aromatic rings. The second-order valence-corrected chi connectivity index (χ2v) is 28.8. The molecule has 504 valence electrons.